The van der Waals surface area contributed by atoms with Gasteiger partial charge in [-0.2, -0.15) is 0 Å². The number of nitrogens with one attached hydrogen (secondary N) is 1. The first-order valence-corrected chi connectivity index (χ1v) is 6.73. The molecule has 0 fully saturated rings. The standard InChI is InChI=1S/C17H22N2/c1-14-4-8-16(9-5-14)18-12-13-19(3)17-10-6-15(2)7-11-17/h4-11,18H,12-13H2,1-3H3. The van der Waals surface area contributed by atoms with Crippen LogP contribution in [0.5, 0.6) is 0 Å². The van der Waals surface area contributed by atoms with Gasteiger partial charge in [0.2, 0.25) is 0 Å². The topological polar surface area (TPSA) is 15.3 Å². The summed E-state index contributed by atoms with van der Waals surface area (Å²) >= 11 is 0. The predicted octanol–water partition coefficient (Wildman–Crippen LogP) is 3.85. The van der Waals surface area contributed by atoms with Crippen LogP contribution in [0.2, 0.25) is 0 Å². The summed E-state index contributed by atoms with van der Waals surface area (Å²) in [4.78, 5) is 2.26. The Morgan fingerprint density at radius 3 is 1.95 bits per heavy atom. The summed E-state index contributed by atoms with van der Waals surface area (Å²) in [5, 5.41) is 3.44. The SMILES string of the molecule is Cc1ccc(NCCN(C)c2ccc(C)cc2)cc1. The van der Waals surface area contributed by atoms with E-state index in [1.807, 2.05) is 0 Å². The van der Waals surface area contributed by atoms with E-state index in [4.69, 9.17) is 0 Å². The molecule has 0 saturated heterocycles. The minimum atomic E-state index is 0.938. The number of anilines is 2. The molecule has 0 heterocycles. The number of nitrogens with zero attached hydrogens (tertiary/aromatic N) is 1. The second-order valence-electron chi connectivity index (χ2n) is 5.05. The number of likely N-dealkylation sites (N-methyl/N-ethyl adjacent to an activating group) is 1. The van der Waals surface area contributed by atoms with Crippen LogP contribution in [0.15, 0.2) is 48.5 Å². The highest BCUT2D eigenvalue weighted by atomic mass is 15.1. The lowest BCUT2D eigenvalue weighted by atomic mass is 10.2. The minimum absolute atomic E-state index is 0.938. The molecule has 1 N–H and O–H groups in total. The van der Waals surface area contributed by atoms with Crippen molar-refractivity contribution in [1.29, 1.82) is 0 Å². The summed E-state index contributed by atoms with van der Waals surface area (Å²) in [6, 6.07) is 17.2. The summed E-state index contributed by atoms with van der Waals surface area (Å²) in [7, 11) is 2.13. The maximum absolute atomic E-state index is 3.44. The Morgan fingerprint density at radius 2 is 1.37 bits per heavy atom. The third-order valence-corrected chi connectivity index (χ3v) is 3.30. The van der Waals surface area contributed by atoms with Gasteiger partial charge in [0.15, 0.2) is 0 Å². The molecule has 2 aromatic carbocycles. The molecule has 0 aliphatic carbocycles. The largest absolute Gasteiger partial charge is 0.383 e. The smallest absolute Gasteiger partial charge is 0.0364 e. The Kier molecular flexibility index (Phi) is 4.45. The molecule has 0 atom stereocenters. The van der Waals surface area contributed by atoms with Gasteiger partial charge in [0, 0.05) is 31.5 Å². The zero-order valence-corrected chi connectivity index (χ0v) is 12.0. The van der Waals surface area contributed by atoms with Crippen LogP contribution < -0.4 is 10.2 Å². The van der Waals surface area contributed by atoms with E-state index in [1.54, 1.807) is 0 Å². The Morgan fingerprint density at radius 1 is 0.842 bits per heavy atom. The second-order valence-corrected chi connectivity index (χ2v) is 5.05. The fourth-order valence-corrected chi connectivity index (χ4v) is 1.97. The second kappa shape index (κ2) is 6.28. The molecule has 0 amide bonds. The fourth-order valence-electron chi connectivity index (χ4n) is 1.97. The molecule has 100 valence electrons. The van der Waals surface area contributed by atoms with Crippen molar-refractivity contribution in [3.05, 3.63) is 59.7 Å². The van der Waals surface area contributed by atoms with Gasteiger partial charge in [-0.1, -0.05) is 35.4 Å². The summed E-state index contributed by atoms with van der Waals surface area (Å²) in [5.41, 5.74) is 5.04. The van der Waals surface area contributed by atoms with Crippen molar-refractivity contribution >= 4 is 11.4 Å². The van der Waals surface area contributed by atoms with Crippen molar-refractivity contribution in [2.45, 2.75) is 13.8 Å². The molecule has 19 heavy (non-hydrogen) atoms. The molecule has 2 aromatic rings. The Labute approximate surface area is 116 Å². The van der Waals surface area contributed by atoms with Crippen LogP contribution in [0.4, 0.5) is 11.4 Å². The van der Waals surface area contributed by atoms with E-state index in [2.05, 4.69) is 79.6 Å². The van der Waals surface area contributed by atoms with Gasteiger partial charge >= 0.3 is 0 Å². The van der Waals surface area contributed by atoms with Gasteiger partial charge in [0.05, 0.1) is 0 Å². The average Bonchev–Trinajstić information content (AvgIpc) is 2.41. The summed E-state index contributed by atoms with van der Waals surface area (Å²) in [6.07, 6.45) is 0. The maximum Gasteiger partial charge on any atom is 0.0364 e. The van der Waals surface area contributed by atoms with Crippen molar-refractivity contribution in [3.63, 3.8) is 0 Å². The Bertz CT molecular complexity index is 500. The molecule has 2 rings (SSSR count). The lowest BCUT2D eigenvalue weighted by Gasteiger charge is -2.20. The van der Waals surface area contributed by atoms with Gasteiger partial charge in [-0.3, -0.25) is 0 Å². The van der Waals surface area contributed by atoms with Gasteiger partial charge in [-0.25, -0.2) is 0 Å². The van der Waals surface area contributed by atoms with Crippen LogP contribution >= 0.6 is 0 Å². The van der Waals surface area contributed by atoms with Crippen molar-refractivity contribution in [2.75, 3.05) is 30.4 Å². The van der Waals surface area contributed by atoms with Gasteiger partial charge in [-0.05, 0) is 38.1 Å². The third-order valence-electron chi connectivity index (χ3n) is 3.30. The molecular formula is C17H22N2. The van der Waals surface area contributed by atoms with Crippen molar-refractivity contribution < 1.29 is 0 Å². The van der Waals surface area contributed by atoms with Crippen molar-refractivity contribution in [3.8, 4) is 0 Å². The van der Waals surface area contributed by atoms with Crippen LogP contribution in [-0.4, -0.2) is 20.1 Å². The van der Waals surface area contributed by atoms with Crippen LogP contribution in [0.1, 0.15) is 11.1 Å². The first-order valence-electron chi connectivity index (χ1n) is 6.73. The molecule has 0 unspecified atom stereocenters. The Hall–Kier alpha value is -1.96. The fraction of sp³-hybridized carbons (Fsp3) is 0.294. The number of aryl methyl sites for hydroxylation is 2. The molecule has 0 bridgehead atoms. The van der Waals surface area contributed by atoms with Crippen LogP contribution in [0.25, 0.3) is 0 Å². The van der Waals surface area contributed by atoms with Gasteiger partial charge in [-0.15, -0.1) is 0 Å². The average molecular weight is 254 g/mol. The molecule has 0 saturated carbocycles. The molecule has 0 aliphatic rings. The lowest BCUT2D eigenvalue weighted by molar-refractivity contribution is 0.914. The Balaban J connectivity index is 1.82. The van der Waals surface area contributed by atoms with E-state index < -0.39 is 0 Å². The van der Waals surface area contributed by atoms with E-state index >= 15 is 0 Å². The van der Waals surface area contributed by atoms with E-state index in [1.165, 1.54) is 22.5 Å². The highest BCUT2D eigenvalue weighted by Gasteiger charge is 1.99. The summed E-state index contributed by atoms with van der Waals surface area (Å²) < 4.78 is 0. The first kappa shape index (κ1) is 13.5. The predicted molar refractivity (Wildman–Crippen MR) is 84.1 cm³/mol. The normalized spacial score (nSPS) is 10.3. The third kappa shape index (κ3) is 4.02. The number of benzene rings is 2. The molecule has 2 nitrogen and oxygen atoms in total. The molecule has 0 radical (unpaired) electrons. The van der Waals surface area contributed by atoms with Crippen LogP contribution in [0, 0.1) is 13.8 Å². The summed E-state index contributed by atoms with van der Waals surface area (Å²) in [5.74, 6) is 0. The molecular weight excluding hydrogens is 232 g/mol. The molecule has 2 heteroatoms. The zero-order valence-electron chi connectivity index (χ0n) is 12.0. The van der Waals surface area contributed by atoms with Gasteiger partial charge < -0.3 is 10.2 Å². The van der Waals surface area contributed by atoms with Gasteiger partial charge in [0.25, 0.3) is 0 Å². The molecule has 0 aromatic heterocycles. The monoisotopic (exact) mass is 254 g/mol. The van der Waals surface area contributed by atoms with E-state index in [9.17, 15) is 0 Å². The van der Waals surface area contributed by atoms with Crippen LogP contribution in [0.3, 0.4) is 0 Å². The highest BCUT2D eigenvalue weighted by Crippen LogP contribution is 2.13. The van der Waals surface area contributed by atoms with Crippen molar-refractivity contribution in [2.24, 2.45) is 0 Å². The highest BCUT2D eigenvalue weighted by molar-refractivity contribution is 5.48. The summed E-state index contributed by atoms with van der Waals surface area (Å²) in [6.45, 7) is 6.14. The van der Waals surface area contributed by atoms with E-state index in [0.717, 1.165) is 13.1 Å². The van der Waals surface area contributed by atoms with Crippen LogP contribution in [-0.2, 0) is 0 Å². The molecule has 0 aliphatic heterocycles. The number of hydrogen-bond acceptors (Lipinski definition) is 2. The van der Waals surface area contributed by atoms with Crippen molar-refractivity contribution in [1.82, 2.24) is 0 Å². The number of rotatable bonds is 5. The maximum atomic E-state index is 3.44. The quantitative estimate of drug-likeness (QED) is 0.871. The minimum Gasteiger partial charge on any atom is -0.383 e. The van der Waals surface area contributed by atoms with E-state index in [-0.39, 0.29) is 0 Å². The van der Waals surface area contributed by atoms with E-state index in [0.29, 0.717) is 0 Å². The zero-order chi connectivity index (χ0) is 13.7. The lowest BCUT2D eigenvalue weighted by Crippen LogP contribution is -2.24. The number of hydrogen-bond donors (Lipinski definition) is 1. The first-order chi connectivity index (χ1) is 9.15. The van der Waals surface area contributed by atoms with Gasteiger partial charge in [0.1, 0.15) is 0 Å². The molecule has 0 spiro atoms.